The van der Waals surface area contributed by atoms with E-state index in [1.54, 1.807) is 22.8 Å². The lowest BCUT2D eigenvalue weighted by molar-refractivity contribution is -0.143. The maximum absolute atomic E-state index is 12.5. The fourth-order valence-electron chi connectivity index (χ4n) is 3.00. The number of carboxylic acid groups (broad SMARTS) is 1. The number of imidazole rings is 1. The average Bonchev–Trinajstić information content (AvgIpc) is 3.15. The predicted octanol–water partition coefficient (Wildman–Crippen LogP) is 1.29. The largest absolute Gasteiger partial charge is 0.481 e. The summed E-state index contributed by atoms with van der Waals surface area (Å²) in [5.41, 5.74) is 0.173. The summed E-state index contributed by atoms with van der Waals surface area (Å²) < 4.78 is 1.64. The normalized spacial score (nSPS) is 21.0. The molecule has 0 saturated carbocycles. The van der Waals surface area contributed by atoms with E-state index in [9.17, 15) is 14.7 Å². The zero-order valence-corrected chi connectivity index (χ0v) is 12.3. The van der Waals surface area contributed by atoms with Crippen LogP contribution in [0.1, 0.15) is 22.5 Å². The van der Waals surface area contributed by atoms with Gasteiger partial charge in [0.25, 0.3) is 5.91 Å². The number of benzene rings is 1. The van der Waals surface area contributed by atoms with Gasteiger partial charge in [-0.05, 0) is 12.0 Å². The molecule has 0 radical (unpaired) electrons. The van der Waals surface area contributed by atoms with Gasteiger partial charge in [0, 0.05) is 20.1 Å². The Hall–Kier alpha value is -2.63. The van der Waals surface area contributed by atoms with E-state index >= 15 is 0 Å². The third-order valence-electron chi connectivity index (χ3n) is 4.33. The molecule has 1 aliphatic heterocycles. The molecule has 2 heterocycles. The molecule has 3 rings (SSSR count). The van der Waals surface area contributed by atoms with E-state index in [0.29, 0.717) is 18.7 Å². The molecule has 2 aromatic rings. The van der Waals surface area contributed by atoms with Crippen molar-refractivity contribution in [2.75, 3.05) is 13.1 Å². The van der Waals surface area contributed by atoms with E-state index in [2.05, 4.69) is 4.98 Å². The van der Waals surface area contributed by atoms with Crippen molar-refractivity contribution in [1.29, 1.82) is 0 Å². The Morgan fingerprint density at radius 3 is 2.59 bits per heavy atom. The second kappa shape index (κ2) is 5.29. The molecular weight excluding hydrogens is 282 g/mol. The molecule has 0 bridgehead atoms. The van der Waals surface area contributed by atoms with Crippen LogP contribution in [-0.2, 0) is 17.3 Å². The van der Waals surface area contributed by atoms with Crippen molar-refractivity contribution in [2.45, 2.75) is 11.8 Å². The molecule has 1 fully saturated rings. The monoisotopic (exact) mass is 299 g/mol. The van der Waals surface area contributed by atoms with Crippen molar-refractivity contribution in [3.63, 3.8) is 0 Å². The number of carbonyl (C=O) groups excluding carboxylic acids is 1. The molecular formula is C16H17N3O3. The lowest BCUT2D eigenvalue weighted by Gasteiger charge is -2.25. The van der Waals surface area contributed by atoms with Crippen LogP contribution in [0.15, 0.2) is 42.9 Å². The Morgan fingerprint density at radius 2 is 2.00 bits per heavy atom. The van der Waals surface area contributed by atoms with Gasteiger partial charge < -0.3 is 14.6 Å². The van der Waals surface area contributed by atoms with Gasteiger partial charge in [-0.15, -0.1) is 0 Å². The molecule has 1 aromatic carbocycles. The van der Waals surface area contributed by atoms with Crippen LogP contribution in [0.4, 0.5) is 0 Å². The molecule has 0 spiro atoms. The number of aryl methyl sites for hydroxylation is 1. The van der Waals surface area contributed by atoms with Crippen LogP contribution in [0.2, 0.25) is 0 Å². The molecule has 1 atom stereocenters. The van der Waals surface area contributed by atoms with Crippen molar-refractivity contribution in [3.8, 4) is 0 Å². The molecule has 1 N–H and O–H groups in total. The van der Waals surface area contributed by atoms with Crippen molar-refractivity contribution >= 4 is 11.9 Å². The Bertz CT molecular complexity index is 710. The maximum Gasteiger partial charge on any atom is 0.316 e. The lowest BCUT2D eigenvalue weighted by atomic mass is 9.80. The van der Waals surface area contributed by atoms with Gasteiger partial charge in [0.1, 0.15) is 11.1 Å². The highest BCUT2D eigenvalue weighted by atomic mass is 16.4. The maximum atomic E-state index is 12.5. The van der Waals surface area contributed by atoms with E-state index in [-0.39, 0.29) is 12.5 Å². The average molecular weight is 299 g/mol. The number of amides is 1. The summed E-state index contributed by atoms with van der Waals surface area (Å²) in [6.07, 6.45) is 3.48. The number of carbonyl (C=O) groups is 2. The summed E-state index contributed by atoms with van der Waals surface area (Å²) >= 11 is 0. The van der Waals surface area contributed by atoms with E-state index < -0.39 is 11.4 Å². The number of nitrogens with zero attached hydrogens (tertiary/aromatic N) is 3. The Morgan fingerprint density at radius 1 is 1.27 bits per heavy atom. The minimum atomic E-state index is -1.03. The third-order valence-corrected chi connectivity index (χ3v) is 4.33. The minimum absolute atomic E-state index is 0.177. The molecule has 114 valence electrons. The summed E-state index contributed by atoms with van der Waals surface area (Å²) in [5.74, 6) is -1.07. The zero-order chi connectivity index (χ0) is 15.7. The number of likely N-dealkylation sites (tertiary alicyclic amines) is 1. The van der Waals surface area contributed by atoms with Crippen LogP contribution < -0.4 is 0 Å². The molecule has 1 aromatic heterocycles. The SMILES string of the molecule is Cn1cncc1C(=O)N1CC[C@@](C(=O)O)(c2ccccc2)C1. The Labute approximate surface area is 128 Å². The molecule has 0 aliphatic carbocycles. The Balaban J connectivity index is 1.90. The van der Waals surface area contributed by atoms with E-state index in [0.717, 1.165) is 5.56 Å². The number of hydrogen-bond donors (Lipinski definition) is 1. The van der Waals surface area contributed by atoms with Gasteiger partial charge >= 0.3 is 5.97 Å². The molecule has 6 nitrogen and oxygen atoms in total. The zero-order valence-electron chi connectivity index (χ0n) is 12.3. The first-order valence-electron chi connectivity index (χ1n) is 7.09. The van der Waals surface area contributed by atoms with E-state index in [4.69, 9.17) is 0 Å². The number of carboxylic acids is 1. The predicted molar refractivity (Wildman–Crippen MR) is 79.5 cm³/mol. The standard InChI is InChI=1S/C16H17N3O3/c1-18-11-17-9-13(18)14(20)19-8-7-16(10-19,15(21)22)12-5-3-2-4-6-12/h2-6,9,11H,7-8,10H2,1H3,(H,21,22)/t16-/m0/s1. The molecule has 22 heavy (non-hydrogen) atoms. The van der Waals surface area contributed by atoms with Crippen LogP contribution in [0, 0.1) is 0 Å². The fraction of sp³-hybridized carbons (Fsp3) is 0.312. The second-order valence-electron chi connectivity index (χ2n) is 5.62. The van der Waals surface area contributed by atoms with Crippen molar-refractivity contribution in [3.05, 3.63) is 54.1 Å². The molecule has 0 unspecified atom stereocenters. The van der Waals surface area contributed by atoms with Crippen LogP contribution >= 0.6 is 0 Å². The van der Waals surface area contributed by atoms with Crippen molar-refractivity contribution < 1.29 is 14.7 Å². The summed E-state index contributed by atoms with van der Waals surface area (Å²) in [4.78, 5) is 30.0. The van der Waals surface area contributed by atoms with E-state index in [1.807, 2.05) is 30.3 Å². The number of hydrogen-bond acceptors (Lipinski definition) is 3. The van der Waals surface area contributed by atoms with Crippen LogP contribution in [0.3, 0.4) is 0 Å². The van der Waals surface area contributed by atoms with Crippen LogP contribution in [0.25, 0.3) is 0 Å². The summed E-state index contributed by atoms with van der Waals surface area (Å²) in [6.45, 7) is 0.599. The van der Waals surface area contributed by atoms with Crippen molar-refractivity contribution in [1.82, 2.24) is 14.5 Å². The summed E-state index contributed by atoms with van der Waals surface area (Å²) in [6, 6.07) is 9.13. The highest BCUT2D eigenvalue weighted by Gasteiger charge is 2.47. The third kappa shape index (κ3) is 2.16. The molecule has 1 saturated heterocycles. The molecule has 6 heteroatoms. The topological polar surface area (TPSA) is 75.4 Å². The van der Waals surface area contributed by atoms with Crippen molar-refractivity contribution in [2.24, 2.45) is 7.05 Å². The highest BCUT2D eigenvalue weighted by Crippen LogP contribution is 2.35. The van der Waals surface area contributed by atoms with Crippen LogP contribution in [0.5, 0.6) is 0 Å². The number of rotatable bonds is 3. The van der Waals surface area contributed by atoms with Gasteiger partial charge in [-0.1, -0.05) is 30.3 Å². The first-order chi connectivity index (χ1) is 10.5. The fourth-order valence-corrected chi connectivity index (χ4v) is 3.00. The number of aliphatic carboxylic acids is 1. The van der Waals surface area contributed by atoms with Gasteiger partial charge in [0.2, 0.25) is 0 Å². The highest BCUT2D eigenvalue weighted by molar-refractivity contribution is 5.94. The van der Waals surface area contributed by atoms with Gasteiger partial charge in [-0.2, -0.15) is 0 Å². The van der Waals surface area contributed by atoms with Gasteiger partial charge in [-0.25, -0.2) is 4.98 Å². The second-order valence-corrected chi connectivity index (χ2v) is 5.62. The van der Waals surface area contributed by atoms with Gasteiger partial charge in [-0.3, -0.25) is 9.59 Å². The quantitative estimate of drug-likeness (QED) is 0.926. The first kappa shape index (κ1) is 14.3. The Kier molecular flexibility index (Phi) is 3.44. The summed E-state index contributed by atoms with van der Waals surface area (Å²) in [7, 11) is 1.75. The molecule has 1 amide bonds. The van der Waals surface area contributed by atoms with Gasteiger partial charge in [0.05, 0.1) is 12.5 Å². The molecule has 1 aliphatic rings. The first-order valence-corrected chi connectivity index (χ1v) is 7.09. The smallest absolute Gasteiger partial charge is 0.316 e. The van der Waals surface area contributed by atoms with E-state index in [1.165, 1.54) is 6.20 Å². The minimum Gasteiger partial charge on any atom is -0.481 e. The van der Waals surface area contributed by atoms with Gasteiger partial charge in [0.15, 0.2) is 0 Å². The van der Waals surface area contributed by atoms with Crippen LogP contribution in [-0.4, -0.2) is 44.5 Å². The lowest BCUT2D eigenvalue weighted by Crippen LogP contribution is -2.40. The number of aromatic nitrogens is 2. The summed E-state index contributed by atoms with van der Waals surface area (Å²) in [5, 5.41) is 9.75.